The molecule has 1 aromatic carbocycles. The number of carboxylic acid groups (broad SMARTS) is 1. The van der Waals surface area contributed by atoms with Gasteiger partial charge in [-0.1, -0.05) is 0 Å². The number of benzene rings is 1. The lowest BCUT2D eigenvalue weighted by Gasteiger charge is -2.19. The maximum Gasteiger partial charge on any atom is 0.336 e. The number of rotatable bonds is 1. The molecule has 0 unspecified atom stereocenters. The third kappa shape index (κ3) is 1.56. The number of carbonyl (C=O) groups is 1. The molecule has 0 amide bonds. The Kier molecular flexibility index (Phi) is 2.36. The number of hydrogen-bond acceptors (Lipinski definition) is 4. The Morgan fingerprint density at radius 1 is 1.15 bits per heavy atom. The molecule has 0 radical (unpaired) electrons. The summed E-state index contributed by atoms with van der Waals surface area (Å²) in [4.78, 5) is 16.3. The maximum atomic E-state index is 11.6. The van der Waals surface area contributed by atoms with Crippen molar-refractivity contribution in [2.24, 2.45) is 0 Å². The number of aromatic carboxylic acids is 1. The molecule has 5 heteroatoms. The summed E-state index contributed by atoms with van der Waals surface area (Å²) in [6, 6.07) is 3.54. The molecule has 2 heterocycles. The van der Waals surface area contributed by atoms with Crippen LogP contribution in [0.3, 0.4) is 0 Å². The van der Waals surface area contributed by atoms with Crippen molar-refractivity contribution in [2.45, 2.75) is 19.3 Å². The Morgan fingerprint density at radius 3 is 2.65 bits per heavy atom. The first-order valence-electron chi connectivity index (χ1n) is 6.72. The summed E-state index contributed by atoms with van der Waals surface area (Å²) in [6.45, 7) is 0.995. The Hall–Kier alpha value is -2.30. The van der Waals surface area contributed by atoms with Crippen molar-refractivity contribution in [1.82, 2.24) is 4.98 Å². The van der Waals surface area contributed by atoms with Gasteiger partial charge < -0.3 is 14.6 Å². The number of hydrogen-bond donors (Lipinski definition) is 1. The van der Waals surface area contributed by atoms with E-state index in [1.54, 1.807) is 12.1 Å². The normalized spacial score (nSPS) is 16.2. The summed E-state index contributed by atoms with van der Waals surface area (Å²) in [6.07, 6.45) is 2.60. The van der Waals surface area contributed by atoms with Crippen LogP contribution in [0.25, 0.3) is 10.9 Å². The minimum atomic E-state index is -0.896. The molecular weight excluding hydrogens is 258 g/mol. The number of ether oxygens (including phenoxy) is 2. The Labute approximate surface area is 115 Å². The van der Waals surface area contributed by atoms with Gasteiger partial charge in [-0.2, -0.15) is 0 Å². The molecule has 1 aliphatic heterocycles. The maximum absolute atomic E-state index is 11.6. The number of nitrogens with zero attached hydrogens (tertiary/aromatic N) is 1. The molecule has 1 N–H and O–H groups in total. The average Bonchev–Trinajstić information content (AvgIpc) is 2.89. The molecule has 4 rings (SSSR count). The van der Waals surface area contributed by atoms with Gasteiger partial charge in [0.15, 0.2) is 11.5 Å². The fraction of sp³-hybridized carbons (Fsp3) is 0.333. The molecule has 2 aliphatic rings. The summed E-state index contributed by atoms with van der Waals surface area (Å²) in [7, 11) is 0. The van der Waals surface area contributed by atoms with Crippen molar-refractivity contribution in [3.05, 3.63) is 29.0 Å². The van der Waals surface area contributed by atoms with E-state index in [-0.39, 0.29) is 0 Å². The van der Waals surface area contributed by atoms with E-state index in [9.17, 15) is 9.90 Å². The van der Waals surface area contributed by atoms with Gasteiger partial charge in [-0.3, -0.25) is 4.98 Å². The van der Waals surface area contributed by atoms with Crippen LogP contribution in [0, 0.1) is 0 Å². The highest BCUT2D eigenvalue weighted by molar-refractivity contribution is 6.05. The van der Waals surface area contributed by atoms with Crippen molar-refractivity contribution in [2.75, 3.05) is 13.2 Å². The molecule has 2 aromatic rings. The summed E-state index contributed by atoms with van der Waals surface area (Å²) in [5, 5.41) is 10.2. The molecule has 0 spiro atoms. The smallest absolute Gasteiger partial charge is 0.336 e. The zero-order chi connectivity index (χ0) is 13.7. The first kappa shape index (κ1) is 11.5. The molecule has 20 heavy (non-hydrogen) atoms. The van der Waals surface area contributed by atoms with E-state index in [0.717, 1.165) is 30.5 Å². The van der Waals surface area contributed by atoms with E-state index in [2.05, 4.69) is 4.98 Å². The molecule has 5 nitrogen and oxygen atoms in total. The molecule has 1 aliphatic carbocycles. The lowest BCUT2D eigenvalue weighted by Crippen LogP contribution is -2.15. The van der Waals surface area contributed by atoms with Gasteiger partial charge in [-0.15, -0.1) is 0 Å². The Bertz CT molecular complexity index is 738. The van der Waals surface area contributed by atoms with E-state index in [1.165, 1.54) is 0 Å². The number of aromatic nitrogens is 1. The highest BCUT2D eigenvalue weighted by Crippen LogP contribution is 2.38. The molecule has 102 valence electrons. The highest BCUT2D eigenvalue weighted by Gasteiger charge is 2.25. The molecule has 0 saturated heterocycles. The fourth-order valence-electron chi connectivity index (χ4n) is 3.04. The van der Waals surface area contributed by atoms with Gasteiger partial charge in [0.25, 0.3) is 0 Å². The summed E-state index contributed by atoms with van der Waals surface area (Å²) >= 11 is 0. The lowest BCUT2D eigenvalue weighted by atomic mass is 10.0. The molecular formula is C15H13NO4. The van der Waals surface area contributed by atoms with Crippen LogP contribution in [-0.4, -0.2) is 29.3 Å². The second-order valence-corrected chi connectivity index (χ2v) is 5.08. The first-order valence-corrected chi connectivity index (χ1v) is 6.72. The van der Waals surface area contributed by atoms with Gasteiger partial charge >= 0.3 is 5.97 Å². The third-order valence-corrected chi connectivity index (χ3v) is 3.89. The van der Waals surface area contributed by atoms with Crippen LogP contribution in [0.5, 0.6) is 11.5 Å². The van der Waals surface area contributed by atoms with Gasteiger partial charge in [0, 0.05) is 17.1 Å². The molecule has 0 bridgehead atoms. The Morgan fingerprint density at radius 2 is 1.90 bits per heavy atom. The van der Waals surface area contributed by atoms with Crippen LogP contribution in [0.2, 0.25) is 0 Å². The topological polar surface area (TPSA) is 68.7 Å². The van der Waals surface area contributed by atoms with E-state index >= 15 is 0 Å². The second kappa shape index (κ2) is 4.10. The molecule has 0 saturated carbocycles. The predicted molar refractivity (Wildman–Crippen MR) is 71.7 cm³/mol. The van der Waals surface area contributed by atoms with Crippen molar-refractivity contribution in [3.63, 3.8) is 0 Å². The molecule has 0 atom stereocenters. The van der Waals surface area contributed by atoms with Crippen molar-refractivity contribution in [3.8, 4) is 11.5 Å². The van der Waals surface area contributed by atoms with Crippen molar-refractivity contribution in [1.29, 1.82) is 0 Å². The van der Waals surface area contributed by atoms with Gasteiger partial charge in [0.05, 0.1) is 11.1 Å². The second-order valence-electron chi connectivity index (χ2n) is 5.08. The number of pyridine rings is 1. The fourth-order valence-corrected chi connectivity index (χ4v) is 3.04. The van der Waals surface area contributed by atoms with Crippen molar-refractivity contribution < 1.29 is 19.4 Å². The number of aryl methyl sites for hydroxylation is 1. The lowest BCUT2D eigenvalue weighted by molar-refractivity contribution is 0.0698. The highest BCUT2D eigenvalue weighted by atomic mass is 16.6. The van der Waals surface area contributed by atoms with Crippen molar-refractivity contribution >= 4 is 16.9 Å². The average molecular weight is 271 g/mol. The van der Waals surface area contributed by atoms with E-state index in [0.29, 0.717) is 41.2 Å². The van der Waals surface area contributed by atoms with Crippen LogP contribution < -0.4 is 9.47 Å². The first-order chi connectivity index (χ1) is 9.74. The van der Waals surface area contributed by atoms with E-state index in [1.807, 2.05) is 0 Å². The Balaban J connectivity index is 2.07. The van der Waals surface area contributed by atoms with Gasteiger partial charge in [-0.05, 0) is 30.9 Å². The monoisotopic (exact) mass is 271 g/mol. The zero-order valence-electron chi connectivity index (χ0n) is 10.8. The molecule has 1 aromatic heterocycles. The number of carboxylic acids is 1. The van der Waals surface area contributed by atoms with Gasteiger partial charge in [-0.25, -0.2) is 4.79 Å². The standard InChI is InChI=1S/C15H13NO4/c17-15(18)14-8-2-1-3-10(8)16-11-7-13-12(6-9(11)14)19-4-5-20-13/h6-7H,1-5H2,(H,17,18). The number of fused-ring (bicyclic) bond motifs is 3. The van der Waals surface area contributed by atoms with Gasteiger partial charge in [0.1, 0.15) is 13.2 Å². The van der Waals surface area contributed by atoms with Crippen LogP contribution in [0.1, 0.15) is 28.0 Å². The summed E-state index contributed by atoms with van der Waals surface area (Å²) in [5.41, 5.74) is 2.83. The zero-order valence-corrected chi connectivity index (χ0v) is 10.8. The summed E-state index contributed by atoms with van der Waals surface area (Å²) < 4.78 is 11.1. The minimum absolute atomic E-state index is 0.375. The van der Waals surface area contributed by atoms with Crippen LogP contribution in [0.4, 0.5) is 0 Å². The predicted octanol–water partition coefficient (Wildman–Crippen LogP) is 2.19. The third-order valence-electron chi connectivity index (χ3n) is 3.89. The van der Waals surface area contributed by atoms with Crippen LogP contribution in [0.15, 0.2) is 12.1 Å². The van der Waals surface area contributed by atoms with Gasteiger partial charge in [0.2, 0.25) is 0 Å². The largest absolute Gasteiger partial charge is 0.486 e. The van der Waals surface area contributed by atoms with Crippen LogP contribution in [-0.2, 0) is 12.8 Å². The van der Waals surface area contributed by atoms with E-state index < -0.39 is 5.97 Å². The molecule has 0 fully saturated rings. The quantitative estimate of drug-likeness (QED) is 0.861. The minimum Gasteiger partial charge on any atom is -0.486 e. The SMILES string of the molecule is O=C(O)c1c2c(nc3cc4c(cc13)OCCO4)CCC2. The van der Waals surface area contributed by atoms with Crippen LogP contribution >= 0.6 is 0 Å². The van der Waals surface area contributed by atoms with E-state index in [4.69, 9.17) is 9.47 Å². The summed E-state index contributed by atoms with van der Waals surface area (Å²) in [5.74, 6) is 0.351.